The van der Waals surface area contributed by atoms with E-state index in [2.05, 4.69) is 19.2 Å². The predicted molar refractivity (Wildman–Crippen MR) is 45.2 cm³/mol. The second kappa shape index (κ2) is 8.46. The maximum atomic E-state index is 10.8. The monoisotopic (exact) mass is 206 g/mol. The molecule has 0 aliphatic heterocycles. The van der Waals surface area contributed by atoms with Crippen molar-refractivity contribution in [3.8, 4) is 0 Å². The Kier molecular flexibility index (Phi) is 7.77. The zero-order valence-corrected chi connectivity index (χ0v) is 8.28. The first-order valence-electron chi connectivity index (χ1n) is 4.08. The molecule has 0 aromatic heterocycles. The van der Waals surface area contributed by atoms with Crippen LogP contribution in [0.1, 0.15) is 12.8 Å². The van der Waals surface area contributed by atoms with E-state index < -0.39 is 11.9 Å². The molecular weight excluding hydrogens is 192 g/mol. The van der Waals surface area contributed by atoms with Crippen molar-refractivity contribution in [3.63, 3.8) is 0 Å². The summed E-state index contributed by atoms with van der Waals surface area (Å²) in [5.41, 5.74) is 0. The Morgan fingerprint density at radius 2 is 1.21 bits per heavy atom. The molecule has 0 atom stereocenters. The van der Waals surface area contributed by atoms with Gasteiger partial charge in [-0.2, -0.15) is 0 Å². The van der Waals surface area contributed by atoms with Gasteiger partial charge in [-0.15, -0.1) is 0 Å². The minimum absolute atomic E-state index is 0.0497. The van der Waals surface area contributed by atoms with E-state index in [0.29, 0.717) is 0 Å². The largest absolute Gasteiger partial charge is 0.384 e. The van der Waals surface area contributed by atoms with Crippen LogP contribution in [-0.4, -0.2) is 39.4 Å². The number of ether oxygens (including phenoxy) is 2. The maximum absolute atomic E-state index is 10.8. The van der Waals surface area contributed by atoms with E-state index in [-0.39, 0.29) is 26.1 Å². The number of methoxy groups -OCH3 is 2. The Morgan fingerprint density at radius 3 is 1.50 bits per heavy atom. The molecule has 0 N–H and O–H groups in total. The van der Waals surface area contributed by atoms with Crippen LogP contribution in [0.2, 0.25) is 0 Å². The topological polar surface area (TPSA) is 71.1 Å². The van der Waals surface area contributed by atoms with Gasteiger partial charge in [-0.3, -0.25) is 0 Å². The summed E-state index contributed by atoms with van der Waals surface area (Å²) >= 11 is 0. The first-order valence-corrected chi connectivity index (χ1v) is 4.08. The minimum atomic E-state index is -0.641. The summed E-state index contributed by atoms with van der Waals surface area (Å²) < 4.78 is 9.25. The lowest BCUT2D eigenvalue weighted by molar-refractivity contribution is -0.260. The molecule has 0 spiro atoms. The van der Waals surface area contributed by atoms with Crippen LogP contribution in [0.3, 0.4) is 0 Å². The quantitative estimate of drug-likeness (QED) is 0.452. The third-order valence-electron chi connectivity index (χ3n) is 1.25. The predicted octanol–water partition coefficient (Wildman–Crippen LogP) is 0.0608. The van der Waals surface area contributed by atoms with Gasteiger partial charge < -0.3 is 9.47 Å². The molecule has 0 fully saturated rings. The van der Waals surface area contributed by atoms with Crippen LogP contribution in [0.4, 0.5) is 0 Å². The zero-order valence-electron chi connectivity index (χ0n) is 8.28. The minimum Gasteiger partial charge on any atom is -0.384 e. The highest BCUT2D eigenvalue weighted by molar-refractivity contribution is 5.72. The summed E-state index contributed by atoms with van der Waals surface area (Å²) in [5, 5.41) is 0. The van der Waals surface area contributed by atoms with Crippen molar-refractivity contribution in [1.82, 2.24) is 0 Å². The van der Waals surface area contributed by atoms with Gasteiger partial charge in [0, 0.05) is 14.2 Å². The molecule has 0 unspecified atom stereocenters. The van der Waals surface area contributed by atoms with Gasteiger partial charge in [-0.25, -0.2) is 19.4 Å². The fraction of sp³-hybridized carbons (Fsp3) is 0.750. The van der Waals surface area contributed by atoms with Crippen molar-refractivity contribution >= 4 is 11.9 Å². The van der Waals surface area contributed by atoms with E-state index in [0.717, 1.165) is 0 Å². The molecule has 0 saturated heterocycles. The maximum Gasteiger partial charge on any atom is 0.357 e. The summed E-state index contributed by atoms with van der Waals surface area (Å²) in [5.74, 6) is -1.28. The third kappa shape index (κ3) is 7.51. The van der Waals surface area contributed by atoms with Crippen molar-refractivity contribution in [2.45, 2.75) is 12.8 Å². The lowest BCUT2D eigenvalue weighted by Gasteiger charge is -2.02. The summed E-state index contributed by atoms with van der Waals surface area (Å²) in [7, 11) is 2.91. The van der Waals surface area contributed by atoms with E-state index in [9.17, 15) is 9.59 Å². The average Bonchev–Trinajstić information content (AvgIpc) is 2.20. The number of hydrogen-bond acceptors (Lipinski definition) is 6. The van der Waals surface area contributed by atoms with Gasteiger partial charge in [0.15, 0.2) is 0 Å². The Bertz CT molecular complexity index is 159. The first-order chi connectivity index (χ1) is 6.70. The van der Waals surface area contributed by atoms with E-state index >= 15 is 0 Å². The van der Waals surface area contributed by atoms with Gasteiger partial charge in [0.2, 0.25) is 0 Å². The second-order valence-electron chi connectivity index (χ2n) is 2.40. The van der Waals surface area contributed by atoms with E-state index in [4.69, 9.17) is 0 Å². The van der Waals surface area contributed by atoms with Gasteiger partial charge >= 0.3 is 11.9 Å². The molecule has 0 aliphatic rings. The number of hydrogen-bond donors (Lipinski definition) is 0. The van der Waals surface area contributed by atoms with Gasteiger partial charge in [0.25, 0.3) is 0 Å². The highest BCUT2D eigenvalue weighted by Gasteiger charge is 2.08. The van der Waals surface area contributed by atoms with Crippen LogP contribution in [-0.2, 0) is 28.8 Å². The van der Waals surface area contributed by atoms with Crippen LogP contribution < -0.4 is 0 Å². The molecule has 0 aromatic rings. The van der Waals surface area contributed by atoms with Crippen molar-refractivity contribution in [3.05, 3.63) is 0 Å². The Hall–Kier alpha value is -1.14. The molecule has 0 heterocycles. The summed E-state index contributed by atoms with van der Waals surface area (Å²) in [6, 6.07) is 0. The molecule has 0 bridgehead atoms. The van der Waals surface area contributed by atoms with Gasteiger partial charge in [-0.1, -0.05) is 0 Å². The Balaban J connectivity index is 3.41. The summed E-state index contributed by atoms with van der Waals surface area (Å²) in [6.07, 6.45) is 0.0993. The molecule has 82 valence electrons. The molecule has 6 heteroatoms. The van der Waals surface area contributed by atoms with Gasteiger partial charge in [0.05, 0.1) is 26.1 Å². The Labute approximate surface area is 82.0 Å². The molecule has 0 radical (unpaired) electrons. The van der Waals surface area contributed by atoms with Crippen LogP contribution in [0, 0.1) is 0 Å². The molecule has 0 amide bonds. The van der Waals surface area contributed by atoms with Crippen LogP contribution in [0.15, 0.2) is 0 Å². The molecule has 0 rings (SSSR count). The summed E-state index contributed by atoms with van der Waals surface area (Å²) in [6.45, 7) is 0.461. The number of carbonyl (C=O) groups is 2. The number of rotatable bonds is 6. The molecular formula is C8H14O6. The highest BCUT2D eigenvalue weighted by atomic mass is 17.2. The van der Waals surface area contributed by atoms with Crippen LogP contribution >= 0.6 is 0 Å². The van der Waals surface area contributed by atoms with Crippen molar-refractivity contribution in [2.75, 3.05) is 27.4 Å². The smallest absolute Gasteiger partial charge is 0.357 e. The zero-order chi connectivity index (χ0) is 10.8. The van der Waals surface area contributed by atoms with Crippen molar-refractivity contribution in [2.24, 2.45) is 0 Å². The van der Waals surface area contributed by atoms with E-state index in [1.807, 2.05) is 0 Å². The summed E-state index contributed by atoms with van der Waals surface area (Å²) in [4.78, 5) is 29.9. The van der Waals surface area contributed by atoms with E-state index in [1.165, 1.54) is 14.2 Å². The molecule has 0 saturated carbocycles. The van der Waals surface area contributed by atoms with Crippen molar-refractivity contribution in [1.29, 1.82) is 0 Å². The Morgan fingerprint density at radius 1 is 0.857 bits per heavy atom. The SMILES string of the molecule is COCCC(=O)OOC(=O)CCOC. The highest BCUT2D eigenvalue weighted by Crippen LogP contribution is 1.92. The standard InChI is InChI=1S/C8H14O6/c1-11-5-3-7(9)13-14-8(10)4-6-12-2/h3-6H2,1-2H3. The average molecular weight is 206 g/mol. The molecule has 6 nitrogen and oxygen atoms in total. The molecule has 14 heavy (non-hydrogen) atoms. The van der Waals surface area contributed by atoms with Crippen LogP contribution in [0.25, 0.3) is 0 Å². The second-order valence-corrected chi connectivity index (χ2v) is 2.40. The first kappa shape index (κ1) is 12.9. The fourth-order valence-electron chi connectivity index (χ4n) is 0.547. The third-order valence-corrected chi connectivity index (χ3v) is 1.25. The van der Waals surface area contributed by atoms with Crippen LogP contribution in [0.5, 0.6) is 0 Å². The fourth-order valence-corrected chi connectivity index (χ4v) is 0.547. The lowest BCUT2D eigenvalue weighted by Crippen LogP contribution is -2.13. The van der Waals surface area contributed by atoms with Gasteiger partial charge in [0.1, 0.15) is 0 Å². The molecule has 0 aliphatic carbocycles. The lowest BCUT2D eigenvalue weighted by atomic mass is 10.5. The van der Waals surface area contributed by atoms with Gasteiger partial charge in [-0.05, 0) is 0 Å². The van der Waals surface area contributed by atoms with E-state index in [1.54, 1.807) is 0 Å². The number of carbonyl (C=O) groups excluding carboxylic acids is 2. The molecule has 0 aromatic carbocycles. The normalized spacial score (nSPS) is 9.57. The van der Waals surface area contributed by atoms with Crippen molar-refractivity contribution < 1.29 is 28.8 Å².